The van der Waals surface area contributed by atoms with Gasteiger partial charge in [0.25, 0.3) is 0 Å². The number of ether oxygens (including phenoxy) is 1. The van der Waals surface area contributed by atoms with Crippen LogP contribution in [-0.4, -0.2) is 29.0 Å². The Labute approximate surface area is 197 Å². The minimum atomic E-state index is -3.57. The maximum absolute atomic E-state index is 13.3. The van der Waals surface area contributed by atoms with Crippen molar-refractivity contribution in [1.82, 2.24) is 14.1 Å². The van der Waals surface area contributed by atoms with Crippen LogP contribution in [0.25, 0.3) is 0 Å². The molecular weight excluding hydrogens is 434 g/mol. The monoisotopic (exact) mass is 467 g/mol. The number of nitrogens with zero attached hydrogens (tertiary/aromatic N) is 3. The molecule has 0 saturated heterocycles. The maximum Gasteiger partial charge on any atom is 0.243 e. The van der Waals surface area contributed by atoms with Crippen LogP contribution in [0, 0.1) is 12.8 Å². The lowest BCUT2D eigenvalue weighted by molar-refractivity contribution is 0.103. The second-order valence-electron chi connectivity index (χ2n) is 9.30. The Bertz CT molecular complexity index is 1200. The summed E-state index contributed by atoms with van der Waals surface area (Å²) in [6.45, 7) is 8.00. The lowest BCUT2D eigenvalue weighted by Crippen LogP contribution is -2.36. The van der Waals surface area contributed by atoms with E-state index in [1.54, 1.807) is 16.4 Å². The lowest BCUT2D eigenvalue weighted by Gasteiger charge is -2.27. The minimum absolute atomic E-state index is 0.322. The third-order valence-corrected chi connectivity index (χ3v) is 7.98. The topological polar surface area (TPSA) is 64.4 Å². The smallest absolute Gasteiger partial charge is 0.243 e. The molecule has 0 N–H and O–H groups in total. The van der Waals surface area contributed by atoms with E-state index in [1.807, 2.05) is 23.9 Å². The average Bonchev–Trinajstić information content (AvgIpc) is 3.10. The van der Waals surface area contributed by atoms with Crippen LogP contribution in [0.5, 0.6) is 0 Å². The summed E-state index contributed by atoms with van der Waals surface area (Å²) in [5.41, 5.74) is 6.34. The molecule has 0 unspecified atom stereocenters. The first-order valence-electron chi connectivity index (χ1n) is 11.5. The van der Waals surface area contributed by atoms with Gasteiger partial charge in [-0.3, -0.25) is 4.68 Å². The average molecular weight is 468 g/mol. The quantitative estimate of drug-likeness (QED) is 0.493. The van der Waals surface area contributed by atoms with Gasteiger partial charge in [0.1, 0.15) is 0 Å². The van der Waals surface area contributed by atoms with Gasteiger partial charge in [-0.25, -0.2) is 8.42 Å². The summed E-state index contributed by atoms with van der Waals surface area (Å²) in [5.74, 6) is 0.533. The van der Waals surface area contributed by atoms with Gasteiger partial charge in [0, 0.05) is 37.8 Å². The second-order valence-corrected chi connectivity index (χ2v) is 11.2. The molecule has 0 amide bonds. The molecule has 1 aliphatic rings. The highest BCUT2D eigenvalue weighted by Gasteiger charge is 2.32. The number of aryl methyl sites for hydroxylation is 2. The number of sulfonamides is 1. The van der Waals surface area contributed by atoms with E-state index >= 15 is 0 Å². The zero-order chi connectivity index (χ0) is 23.6. The Hall–Kier alpha value is -2.48. The van der Waals surface area contributed by atoms with E-state index < -0.39 is 10.0 Å². The van der Waals surface area contributed by atoms with E-state index in [9.17, 15) is 8.42 Å². The molecule has 0 fully saturated rings. The predicted octanol–water partition coefficient (Wildman–Crippen LogP) is 4.39. The molecule has 1 aromatic heterocycles. The first kappa shape index (κ1) is 23.7. The highest BCUT2D eigenvalue weighted by Crippen LogP contribution is 2.28. The van der Waals surface area contributed by atoms with Crippen molar-refractivity contribution in [2.45, 2.75) is 58.3 Å². The molecule has 0 radical (unpaired) electrons. The number of hydrogen-bond acceptors (Lipinski definition) is 4. The zero-order valence-corrected chi connectivity index (χ0v) is 20.7. The largest absolute Gasteiger partial charge is 0.370 e. The third kappa shape index (κ3) is 5.37. The van der Waals surface area contributed by atoms with Gasteiger partial charge in [-0.15, -0.1) is 0 Å². The van der Waals surface area contributed by atoms with E-state index in [0.29, 0.717) is 43.5 Å². The fraction of sp³-hybridized carbons (Fsp3) is 0.423. The van der Waals surface area contributed by atoms with Crippen molar-refractivity contribution in [2.75, 3.05) is 6.54 Å². The highest BCUT2D eigenvalue weighted by molar-refractivity contribution is 7.89. The molecule has 0 atom stereocenters. The zero-order valence-electron chi connectivity index (χ0n) is 19.9. The van der Waals surface area contributed by atoms with Crippen molar-refractivity contribution in [2.24, 2.45) is 13.0 Å². The molecule has 0 saturated carbocycles. The summed E-state index contributed by atoms with van der Waals surface area (Å²) in [4.78, 5) is 0.347. The Morgan fingerprint density at radius 2 is 1.67 bits per heavy atom. The van der Waals surface area contributed by atoms with Crippen LogP contribution >= 0.6 is 0 Å². The van der Waals surface area contributed by atoms with Gasteiger partial charge in [-0.05, 0) is 42.5 Å². The number of benzene rings is 2. The van der Waals surface area contributed by atoms with Crippen molar-refractivity contribution in [3.05, 3.63) is 82.2 Å². The van der Waals surface area contributed by atoms with Gasteiger partial charge in [-0.1, -0.05) is 55.8 Å². The van der Waals surface area contributed by atoms with Gasteiger partial charge in [0.15, 0.2) is 0 Å². The van der Waals surface area contributed by atoms with Crippen molar-refractivity contribution >= 4 is 10.0 Å². The molecule has 6 nitrogen and oxygen atoms in total. The van der Waals surface area contributed by atoms with E-state index in [1.165, 1.54) is 5.56 Å². The standard InChI is InChI=1S/C26H33N3O3S/c1-19(2)15-21-9-11-23(12-10-21)33(30,31)29-14-13-26-24(16-29)25(27-28(26)4)18-32-17-22-7-5-20(3)6-8-22/h5-12,19H,13-18H2,1-4H3. The molecule has 0 spiro atoms. The highest BCUT2D eigenvalue weighted by atomic mass is 32.2. The molecule has 1 aliphatic heterocycles. The fourth-order valence-electron chi connectivity index (χ4n) is 4.33. The summed E-state index contributed by atoms with van der Waals surface area (Å²) in [6, 6.07) is 15.6. The number of hydrogen-bond donors (Lipinski definition) is 0. The summed E-state index contributed by atoms with van der Waals surface area (Å²) < 4.78 is 36.0. The molecule has 2 heterocycles. The van der Waals surface area contributed by atoms with Gasteiger partial charge in [0.2, 0.25) is 10.0 Å². The van der Waals surface area contributed by atoms with Crippen LogP contribution in [0.1, 0.15) is 47.5 Å². The second kappa shape index (κ2) is 9.79. The van der Waals surface area contributed by atoms with Crippen LogP contribution < -0.4 is 0 Å². The Kier molecular flexibility index (Phi) is 7.02. The molecular formula is C26H33N3O3S. The normalized spacial score (nSPS) is 14.6. The fourth-order valence-corrected chi connectivity index (χ4v) is 5.74. The van der Waals surface area contributed by atoms with E-state index in [2.05, 4.69) is 50.1 Å². The van der Waals surface area contributed by atoms with Gasteiger partial charge in [0.05, 0.1) is 23.8 Å². The van der Waals surface area contributed by atoms with Crippen LogP contribution in [0.2, 0.25) is 0 Å². The van der Waals surface area contributed by atoms with E-state index in [4.69, 9.17) is 4.74 Å². The first-order valence-corrected chi connectivity index (χ1v) is 12.9. The number of fused-ring (bicyclic) bond motifs is 1. The van der Waals surface area contributed by atoms with Crippen molar-refractivity contribution in [3.63, 3.8) is 0 Å². The predicted molar refractivity (Wildman–Crippen MR) is 129 cm³/mol. The molecule has 33 heavy (non-hydrogen) atoms. The van der Waals surface area contributed by atoms with Crippen LogP contribution in [-0.2, 0) is 54.4 Å². The third-order valence-electron chi connectivity index (χ3n) is 6.12. The number of aromatic nitrogens is 2. The Morgan fingerprint density at radius 1 is 1.00 bits per heavy atom. The van der Waals surface area contributed by atoms with Crippen molar-refractivity contribution < 1.29 is 13.2 Å². The molecule has 0 bridgehead atoms. The molecule has 176 valence electrons. The summed E-state index contributed by atoms with van der Waals surface area (Å²) in [7, 11) is -1.65. The van der Waals surface area contributed by atoms with Gasteiger partial charge >= 0.3 is 0 Å². The minimum Gasteiger partial charge on any atom is -0.370 e. The molecule has 4 rings (SSSR count). The lowest BCUT2D eigenvalue weighted by atomic mass is 10.0. The van der Waals surface area contributed by atoms with E-state index in [0.717, 1.165) is 34.5 Å². The summed E-state index contributed by atoms with van der Waals surface area (Å²) in [6.07, 6.45) is 1.58. The van der Waals surface area contributed by atoms with Crippen LogP contribution in [0.3, 0.4) is 0 Å². The first-order chi connectivity index (χ1) is 15.7. The number of rotatable bonds is 8. The summed E-state index contributed by atoms with van der Waals surface area (Å²) in [5, 5.41) is 4.64. The van der Waals surface area contributed by atoms with Gasteiger partial charge < -0.3 is 4.74 Å². The van der Waals surface area contributed by atoms with E-state index in [-0.39, 0.29) is 0 Å². The molecule has 7 heteroatoms. The van der Waals surface area contributed by atoms with Crippen molar-refractivity contribution in [3.8, 4) is 0 Å². The van der Waals surface area contributed by atoms with Crippen LogP contribution in [0.4, 0.5) is 0 Å². The van der Waals surface area contributed by atoms with Crippen LogP contribution in [0.15, 0.2) is 53.4 Å². The SMILES string of the molecule is Cc1ccc(COCc2nn(C)c3c2CN(S(=O)(=O)c2ccc(CC(C)C)cc2)CC3)cc1. The Balaban J connectivity index is 1.47. The van der Waals surface area contributed by atoms with Crippen molar-refractivity contribution in [1.29, 1.82) is 0 Å². The molecule has 2 aromatic carbocycles. The maximum atomic E-state index is 13.3. The molecule has 3 aromatic rings. The van der Waals surface area contributed by atoms with Gasteiger partial charge in [-0.2, -0.15) is 9.40 Å². The molecule has 0 aliphatic carbocycles. The Morgan fingerprint density at radius 3 is 2.33 bits per heavy atom. The summed E-state index contributed by atoms with van der Waals surface area (Å²) >= 11 is 0.